The molecule has 638 valence electrons. The number of allylic oxidation sites excluding steroid dienone is 1. The van der Waals surface area contributed by atoms with E-state index >= 15 is 0 Å². The molecule has 27 nitrogen and oxygen atoms in total. The number of piperazine rings is 3. The van der Waals surface area contributed by atoms with E-state index in [0.29, 0.717) is 173 Å². The number of carbonyl (C=O) groups excluding carboxylic acids is 4. The van der Waals surface area contributed by atoms with Crippen LogP contribution in [0.15, 0.2) is 215 Å². The van der Waals surface area contributed by atoms with Crippen LogP contribution in [0.5, 0.6) is 17.2 Å². The van der Waals surface area contributed by atoms with Crippen LogP contribution in [0.2, 0.25) is 0 Å². The van der Waals surface area contributed by atoms with E-state index in [4.69, 9.17) is 28.4 Å². The molecule has 0 spiro atoms. The smallest absolute Gasteiger partial charge is 0.334 e. The molecule has 0 bridgehead atoms. The molecule has 7 heterocycles. The molecule has 15 rings (SSSR count). The quantitative estimate of drug-likeness (QED) is 0.0241. The standard InChI is InChI=1S/C36H42N6O5.C31H40N4O4.C27H32N4O4/c1-26(2)38-32(43)25-47-31-13-6-8-27(22-31)24-41-34(35(44)40-16-14-37-15-17-40)33(28-9-4-3-5-10-28)42(36(41)45)30-12-7-11-29(23-30)39-18-20-46-21-19-39;1-38-20-9-21-39-27-15-8-14-26(22-27)35-28(25-12-6-3-7-13-25)29(30(36)33-18-16-32-17-19-33)34(31(35)37)23-24-10-4-2-5-11-24;1-3-15-30-25(26(32)29-16-13-28-14-17-29)24(21-9-5-4-6-10-21)31(27(30)33)22-11-7-12-23(20-22)35-19-8-18-34-2/h3-13,22-23,26,37H,14-21,24-25H2,1-2H3,(H,38,43);3,6-8,12-15,22,24,32H,2,4-5,9-11,16-21,23H2,1H3;3-7,9-12,20,28H,1,8,13-19H2,2H3. The monoisotopic (exact) mass is 1650 g/mol. The van der Waals surface area contributed by atoms with Gasteiger partial charge in [0.1, 0.15) is 34.3 Å². The third kappa shape index (κ3) is 21.9. The SMILES string of the molecule is C=CCn1c(C(=O)N2CCNCC2)c(-c2ccccc2)n(-c2cccc(OCCCOC)c2)c1=O.CC(C)NC(=O)COc1cccc(Cn2c(C(=O)N3CCNCC3)c(-c3ccccc3)n(-c3cccc(N4CCOCC4)c3)c2=O)c1.COCCCOc1cccc(-n2c(-c3ccccc3)c(C(=O)N3CCNCC3)n(CC3CCCCC3)c2=O)c1. The predicted octanol–water partition coefficient (Wildman–Crippen LogP) is 10.4. The lowest BCUT2D eigenvalue weighted by Gasteiger charge is -2.29. The van der Waals surface area contributed by atoms with Crippen molar-refractivity contribution in [3.05, 3.63) is 255 Å². The van der Waals surface area contributed by atoms with Gasteiger partial charge in [-0.05, 0) is 92.8 Å². The highest BCUT2D eigenvalue weighted by Gasteiger charge is 2.36. The first-order chi connectivity index (χ1) is 59.2. The molecule has 4 aliphatic heterocycles. The number of anilines is 1. The Balaban J connectivity index is 0.000000159. The van der Waals surface area contributed by atoms with Crippen LogP contribution < -0.4 is 57.4 Å². The van der Waals surface area contributed by atoms with E-state index in [9.17, 15) is 33.6 Å². The van der Waals surface area contributed by atoms with Crippen molar-refractivity contribution in [3.63, 3.8) is 0 Å². The van der Waals surface area contributed by atoms with Crippen LogP contribution in [-0.2, 0) is 38.6 Å². The predicted molar refractivity (Wildman–Crippen MR) is 471 cm³/mol. The van der Waals surface area contributed by atoms with Crippen LogP contribution in [0.1, 0.15) is 95.8 Å². The van der Waals surface area contributed by atoms with E-state index in [1.807, 2.05) is 206 Å². The summed E-state index contributed by atoms with van der Waals surface area (Å²) in [7, 11) is 3.33. The zero-order valence-electron chi connectivity index (χ0n) is 70.0. The minimum absolute atomic E-state index is 0.00774. The topological polar surface area (TPSA) is 266 Å². The Kier molecular flexibility index (Phi) is 31.2. The Morgan fingerprint density at radius 3 is 1.32 bits per heavy atom. The molecular weight excluding hydrogens is 1530 g/mol. The summed E-state index contributed by atoms with van der Waals surface area (Å²) >= 11 is 0. The first-order valence-electron chi connectivity index (χ1n) is 42.4. The van der Waals surface area contributed by atoms with E-state index in [1.54, 1.807) is 54.1 Å². The fourth-order valence-electron chi connectivity index (χ4n) is 16.2. The number of ether oxygens (including phenoxy) is 6. The Morgan fingerprint density at radius 1 is 0.463 bits per heavy atom. The van der Waals surface area contributed by atoms with E-state index in [-0.39, 0.29) is 66.4 Å². The lowest BCUT2D eigenvalue weighted by molar-refractivity contribution is -0.123. The first-order valence-corrected chi connectivity index (χ1v) is 42.4. The molecule has 121 heavy (non-hydrogen) atoms. The number of nitrogens with one attached hydrogen (secondary N) is 4. The summed E-state index contributed by atoms with van der Waals surface area (Å²) in [6, 6.07) is 59.3. The van der Waals surface area contributed by atoms with Gasteiger partial charge in [0.05, 0.1) is 67.1 Å². The average Bonchev–Trinajstić information content (AvgIpc) is 1.61. The minimum atomic E-state index is -0.316. The summed E-state index contributed by atoms with van der Waals surface area (Å²) < 4.78 is 43.3. The number of methoxy groups -OCH3 is 2. The fraction of sp³-hybridized carbons (Fsp3) is 0.394. The molecule has 1 aliphatic carbocycles. The number of imidazole rings is 3. The molecule has 4 N–H and O–H groups in total. The Labute approximate surface area is 707 Å². The molecule has 0 radical (unpaired) electrons. The van der Waals surface area contributed by atoms with Gasteiger partial charge in [-0.1, -0.05) is 147 Å². The van der Waals surface area contributed by atoms with Gasteiger partial charge in [-0.3, -0.25) is 46.6 Å². The van der Waals surface area contributed by atoms with Crippen molar-refractivity contribution >= 4 is 29.3 Å². The molecule has 27 heteroatoms. The van der Waals surface area contributed by atoms with Gasteiger partial charge in [0.2, 0.25) is 0 Å². The van der Waals surface area contributed by atoms with E-state index in [1.165, 1.54) is 23.8 Å². The van der Waals surface area contributed by atoms with Crippen molar-refractivity contribution in [2.24, 2.45) is 5.92 Å². The maximum atomic E-state index is 14.7. The van der Waals surface area contributed by atoms with Crippen molar-refractivity contribution in [2.75, 3.05) is 157 Å². The molecule has 0 unspecified atom stereocenters. The van der Waals surface area contributed by atoms with Gasteiger partial charge in [0.15, 0.2) is 6.61 Å². The van der Waals surface area contributed by atoms with Gasteiger partial charge in [-0.2, -0.15) is 0 Å². The number of amides is 4. The highest BCUT2D eigenvalue weighted by molar-refractivity contribution is 6.01. The van der Waals surface area contributed by atoms with Gasteiger partial charge < -0.3 is 69.3 Å². The third-order valence-electron chi connectivity index (χ3n) is 22.1. The molecule has 4 amide bonds. The zero-order chi connectivity index (χ0) is 84.4. The van der Waals surface area contributed by atoms with Crippen LogP contribution in [0.25, 0.3) is 50.8 Å². The van der Waals surface area contributed by atoms with Gasteiger partial charge in [0.25, 0.3) is 23.6 Å². The minimum Gasteiger partial charge on any atom is -0.493 e. The molecule has 4 saturated heterocycles. The number of rotatable bonds is 30. The summed E-state index contributed by atoms with van der Waals surface area (Å²) in [5.74, 6) is 1.59. The number of carbonyl (C=O) groups is 4. The molecule has 7 aromatic carbocycles. The van der Waals surface area contributed by atoms with Crippen LogP contribution in [0.4, 0.5) is 5.69 Å². The second-order valence-electron chi connectivity index (χ2n) is 30.9. The molecular formula is C94H114N14O13. The van der Waals surface area contributed by atoms with E-state index in [2.05, 4.69) is 32.7 Å². The number of hydrogen-bond donors (Lipinski definition) is 4. The van der Waals surface area contributed by atoms with Gasteiger partial charge in [0, 0.05) is 186 Å². The molecule has 5 aliphatic rings. The van der Waals surface area contributed by atoms with Crippen molar-refractivity contribution in [3.8, 4) is 68.1 Å². The van der Waals surface area contributed by atoms with Gasteiger partial charge in [-0.25, -0.2) is 14.4 Å². The number of benzene rings is 7. The second kappa shape index (κ2) is 43.4. The Morgan fingerprint density at radius 2 is 0.868 bits per heavy atom. The number of nitrogens with zero attached hydrogens (tertiary/aromatic N) is 10. The largest absolute Gasteiger partial charge is 0.493 e. The summed E-state index contributed by atoms with van der Waals surface area (Å²) in [6.07, 6.45) is 8.95. The third-order valence-corrected chi connectivity index (χ3v) is 22.1. The first kappa shape index (κ1) is 87.0. The molecule has 3 aromatic heterocycles. The summed E-state index contributed by atoms with van der Waals surface area (Å²) in [5.41, 5.74) is 8.36. The highest BCUT2D eigenvalue weighted by Crippen LogP contribution is 2.35. The van der Waals surface area contributed by atoms with E-state index in [0.717, 1.165) is 92.9 Å². The molecule has 5 fully saturated rings. The normalized spacial score (nSPS) is 15.1. The molecule has 1 saturated carbocycles. The van der Waals surface area contributed by atoms with Crippen LogP contribution in [0, 0.1) is 5.92 Å². The fourth-order valence-corrected chi connectivity index (χ4v) is 16.2. The number of morpholine rings is 1. The van der Waals surface area contributed by atoms with Gasteiger partial charge in [-0.15, -0.1) is 6.58 Å². The summed E-state index contributed by atoms with van der Waals surface area (Å²) in [4.78, 5) is 105. The van der Waals surface area contributed by atoms with Crippen molar-refractivity contribution in [1.82, 2.24) is 63.4 Å². The van der Waals surface area contributed by atoms with Crippen molar-refractivity contribution in [2.45, 2.75) is 84.5 Å². The maximum absolute atomic E-state index is 14.7. The number of aromatic nitrogens is 6. The van der Waals surface area contributed by atoms with Crippen LogP contribution in [-0.4, -0.2) is 224 Å². The average molecular weight is 1650 g/mol. The van der Waals surface area contributed by atoms with Gasteiger partial charge >= 0.3 is 17.1 Å². The van der Waals surface area contributed by atoms with Crippen molar-refractivity contribution < 1.29 is 47.6 Å². The number of hydrogen-bond acceptors (Lipinski definition) is 17. The van der Waals surface area contributed by atoms with Crippen molar-refractivity contribution in [1.29, 1.82) is 0 Å². The maximum Gasteiger partial charge on any atom is 0.334 e. The Hall–Kier alpha value is -11.9. The lowest BCUT2D eigenvalue weighted by Crippen LogP contribution is -2.47. The zero-order valence-corrected chi connectivity index (χ0v) is 70.0. The summed E-state index contributed by atoms with van der Waals surface area (Å²) in [5, 5.41) is 12.7. The van der Waals surface area contributed by atoms with Crippen LogP contribution >= 0.6 is 0 Å². The summed E-state index contributed by atoms with van der Waals surface area (Å²) in [6.45, 7) is 21.3. The van der Waals surface area contributed by atoms with Crippen LogP contribution in [0.3, 0.4) is 0 Å². The second-order valence-corrected chi connectivity index (χ2v) is 30.9. The molecule has 0 atom stereocenters. The Bertz CT molecular complexity index is 5270. The van der Waals surface area contributed by atoms with E-state index < -0.39 is 0 Å². The lowest BCUT2D eigenvalue weighted by atomic mass is 9.89. The molecule has 10 aromatic rings. The highest BCUT2D eigenvalue weighted by atomic mass is 16.5.